The van der Waals surface area contributed by atoms with E-state index in [0.29, 0.717) is 35.8 Å². The number of sulfonamides is 1. The van der Waals surface area contributed by atoms with Crippen molar-refractivity contribution in [3.63, 3.8) is 0 Å². The number of nitrogens with zero attached hydrogens (tertiary/aromatic N) is 1. The van der Waals surface area contributed by atoms with Crippen LogP contribution >= 0.6 is 24.0 Å². The molecule has 1 N–H and O–H groups in total. The highest BCUT2D eigenvalue weighted by Gasteiger charge is 2.31. The van der Waals surface area contributed by atoms with E-state index < -0.39 is 16.1 Å². The first kappa shape index (κ1) is 20.9. The largest absolute Gasteiger partial charge is 0.313 e. The zero-order valence-electron chi connectivity index (χ0n) is 13.8. The normalized spacial score (nSPS) is 18.6. The summed E-state index contributed by atoms with van der Waals surface area (Å²) in [6.07, 6.45) is 1.52. The average Bonchev–Trinajstić information content (AvgIpc) is 2.60. The summed E-state index contributed by atoms with van der Waals surface area (Å²) in [7, 11) is -3.66. The maximum absolute atomic E-state index is 13.5. The molecule has 1 fully saturated rings. The quantitative estimate of drug-likeness (QED) is 0.823. The molecule has 3 rings (SSSR count). The van der Waals surface area contributed by atoms with Crippen molar-refractivity contribution >= 4 is 40.1 Å². The highest BCUT2D eigenvalue weighted by molar-refractivity contribution is 7.92. The molecular formula is C18H19Cl2FN2O2S. The van der Waals surface area contributed by atoms with Gasteiger partial charge < -0.3 is 5.32 Å². The summed E-state index contributed by atoms with van der Waals surface area (Å²) in [5, 5.41) is 4.88. The van der Waals surface area contributed by atoms with E-state index in [1.807, 2.05) is 0 Å². The monoisotopic (exact) mass is 416 g/mol. The van der Waals surface area contributed by atoms with Crippen molar-refractivity contribution in [3.05, 3.63) is 75.9 Å². The fourth-order valence-corrected chi connectivity index (χ4v) is 4.42. The second-order valence-corrected chi connectivity index (χ2v) is 8.00. The predicted molar refractivity (Wildman–Crippen MR) is 105 cm³/mol. The summed E-state index contributed by atoms with van der Waals surface area (Å²) in [6, 6.07) is 12.6. The molecule has 0 spiro atoms. The Balaban J connectivity index is 0.00000243. The van der Waals surface area contributed by atoms with Crippen molar-refractivity contribution in [2.24, 2.45) is 0 Å². The standard InChI is InChI=1S/C18H18ClFN2O2S.ClH/c19-16-5-1-3-14(11-16)7-10-25(23,24)22-9-8-21-13-18(22)15-4-2-6-17(20)12-15;/h1-7,10-12,18,21H,8-9,13H2;1H. The van der Waals surface area contributed by atoms with E-state index in [1.54, 1.807) is 36.4 Å². The minimum atomic E-state index is -3.66. The number of piperazine rings is 1. The summed E-state index contributed by atoms with van der Waals surface area (Å²) >= 11 is 5.92. The van der Waals surface area contributed by atoms with E-state index in [4.69, 9.17) is 11.6 Å². The Labute approximate surface area is 164 Å². The van der Waals surface area contributed by atoms with Crippen molar-refractivity contribution in [2.75, 3.05) is 19.6 Å². The summed E-state index contributed by atoms with van der Waals surface area (Å²) in [5.74, 6) is -0.380. The van der Waals surface area contributed by atoms with E-state index >= 15 is 0 Å². The lowest BCUT2D eigenvalue weighted by Crippen LogP contribution is -2.48. The van der Waals surface area contributed by atoms with Crippen molar-refractivity contribution in [1.29, 1.82) is 0 Å². The number of nitrogens with one attached hydrogen (secondary N) is 1. The Bertz CT molecular complexity index is 890. The van der Waals surface area contributed by atoms with Gasteiger partial charge in [0.2, 0.25) is 10.0 Å². The third-order valence-corrected chi connectivity index (χ3v) is 5.84. The SMILES string of the molecule is Cl.O=S(=O)(C=Cc1cccc(Cl)c1)N1CCNCC1c1cccc(F)c1. The molecule has 8 heteroatoms. The Hall–Kier alpha value is -1.44. The average molecular weight is 417 g/mol. The Morgan fingerprint density at radius 1 is 1.19 bits per heavy atom. The molecule has 1 aliphatic heterocycles. The van der Waals surface area contributed by atoms with E-state index in [-0.39, 0.29) is 18.2 Å². The molecule has 0 bridgehead atoms. The number of benzene rings is 2. The van der Waals surface area contributed by atoms with E-state index in [0.717, 1.165) is 0 Å². The van der Waals surface area contributed by atoms with Crippen molar-refractivity contribution in [1.82, 2.24) is 9.62 Å². The van der Waals surface area contributed by atoms with Gasteiger partial charge in [0.25, 0.3) is 0 Å². The molecular weight excluding hydrogens is 398 g/mol. The van der Waals surface area contributed by atoms with Crippen LogP contribution in [0.25, 0.3) is 6.08 Å². The van der Waals surface area contributed by atoms with Crippen LogP contribution in [0.2, 0.25) is 5.02 Å². The smallest absolute Gasteiger partial charge is 0.236 e. The maximum atomic E-state index is 13.5. The first-order chi connectivity index (χ1) is 12.0. The van der Waals surface area contributed by atoms with E-state index in [2.05, 4.69) is 5.32 Å². The van der Waals surface area contributed by atoms with Crippen LogP contribution in [-0.4, -0.2) is 32.4 Å². The van der Waals surface area contributed by atoms with Gasteiger partial charge in [-0.15, -0.1) is 12.4 Å². The molecule has 2 aromatic carbocycles. The molecule has 2 aromatic rings. The fourth-order valence-electron chi connectivity index (χ4n) is 2.84. The first-order valence-corrected chi connectivity index (χ1v) is 9.75. The molecule has 0 amide bonds. The van der Waals surface area contributed by atoms with Gasteiger partial charge in [0.05, 0.1) is 6.04 Å². The maximum Gasteiger partial charge on any atom is 0.236 e. The summed E-state index contributed by atoms with van der Waals surface area (Å²) in [6.45, 7) is 1.31. The van der Waals surface area contributed by atoms with Gasteiger partial charge >= 0.3 is 0 Å². The fraction of sp³-hybridized carbons (Fsp3) is 0.222. The lowest BCUT2D eigenvalue weighted by molar-refractivity contribution is 0.274. The third kappa shape index (κ3) is 5.05. The van der Waals surface area contributed by atoms with Crippen LogP contribution < -0.4 is 5.32 Å². The van der Waals surface area contributed by atoms with E-state index in [9.17, 15) is 12.8 Å². The van der Waals surface area contributed by atoms with Gasteiger partial charge in [0.1, 0.15) is 5.82 Å². The van der Waals surface area contributed by atoms with Crippen molar-refractivity contribution < 1.29 is 12.8 Å². The number of hydrogen-bond acceptors (Lipinski definition) is 3. The molecule has 1 aliphatic rings. The van der Waals surface area contributed by atoms with Gasteiger partial charge in [0.15, 0.2) is 0 Å². The van der Waals surface area contributed by atoms with Crippen LogP contribution in [0.1, 0.15) is 17.2 Å². The zero-order chi connectivity index (χ0) is 17.9. The minimum Gasteiger partial charge on any atom is -0.313 e. The molecule has 0 aliphatic carbocycles. The molecule has 1 saturated heterocycles. The topological polar surface area (TPSA) is 49.4 Å². The lowest BCUT2D eigenvalue weighted by Gasteiger charge is -2.34. The van der Waals surface area contributed by atoms with Gasteiger partial charge in [-0.05, 0) is 41.5 Å². The van der Waals surface area contributed by atoms with Crippen LogP contribution in [0, 0.1) is 5.82 Å². The molecule has 1 atom stereocenters. The highest BCUT2D eigenvalue weighted by atomic mass is 35.5. The van der Waals surface area contributed by atoms with Crippen LogP contribution in [0.3, 0.4) is 0 Å². The van der Waals surface area contributed by atoms with Crippen LogP contribution in [0.5, 0.6) is 0 Å². The lowest BCUT2D eigenvalue weighted by atomic mass is 10.1. The van der Waals surface area contributed by atoms with Gasteiger partial charge in [-0.1, -0.05) is 35.9 Å². The second kappa shape index (κ2) is 8.97. The van der Waals surface area contributed by atoms with E-state index in [1.165, 1.54) is 27.9 Å². The van der Waals surface area contributed by atoms with Crippen LogP contribution in [0.4, 0.5) is 4.39 Å². The predicted octanol–water partition coefficient (Wildman–Crippen LogP) is 3.85. The molecule has 4 nitrogen and oxygen atoms in total. The highest BCUT2D eigenvalue weighted by Crippen LogP contribution is 2.26. The second-order valence-electron chi connectivity index (χ2n) is 5.79. The summed E-state index contributed by atoms with van der Waals surface area (Å²) in [4.78, 5) is 0. The van der Waals surface area contributed by atoms with Crippen LogP contribution in [0.15, 0.2) is 53.9 Å². The minimum absolute atomic E-state index is 0. The molecule has 140 valence electrons. The van der Waals surface area contributed by atoms with Crippen LogP contribution in [-0.2, 0) is 10.0 Å². The molecule has 0 aromatic heterocycles. The van der Waals surface area contributed by atoms with Gasteiger partial charge in [-0.25, -0.2) is 12.8 Å². The van der Waals surface area contributed by atoms with Gasteiger partial charge in [-0.3, -0.25) is 0 Å². The number of hydrogen-bond donors (Lipinski definition) is 1. The Kier molecular flexibility index (Phi) is 7.20. The molecule has 26 heavy (non-hydrogen) atoms. The molecule has 1 heterocycles. The van der Waals surface area contributed by atoms with Gasteiger partial charge in [0, 0.05) is 30.1 Å². The zero-order valence-corrected chi connectivity index (χ0v) is 16.2. The van der Waals surface area contributed by atoms with Crippen molar-refractivity contribution in [3.8, 4) is 0 Å². The number of halogens is 3. The van der Waals surface area contributed by atoms with Gasteiger partial charge in [-0.2, -0.15) is 4.31 Å². The Morgan fingerprint density at radius 2 is 1.96 bits per heavy atom. The summed E-state index contributed by atoms with van der Waals surface area (Å²) in [5.41, 5.74) is 1.33. The first-order valence-electron chi connectivity index (χ1n) is 7.87. The van der Waals surface area contributed by atoms with Crippen molar-refractivity contribution in [2.45, 2.75) is 6.04 Å². The third-order valence-electron chi connectivity index (χ3n) is 4.04. The molecule has 0 radical (unpaired) electrons. The Morgan fingerprint density at radius 3 is 2.69 bits per heavy atom. The summed E-state index contributed by atoms with van der Waals surface area (Å²) < 4.78 is 40.5. The number of rotatable bonds is 4. The molecule has 1 unspecified atom stereocenters. The molecule has 0 saturated carbocycles.